The van der Waals surface area contributed by atoms with Crippen LogP contribution in [0.15, 0.2) is 72.8 Å². The lowest BCUT2D eigenvalue weighted by atomic mass is 9.88. The predicted molar refractivity (Wildman–Crippen MR) is 147 cm³/mol. The maximum Gasteiger partial charge on any atom is 0.119 e. The Morgan fingerprint density at radius 2 is 1.14 bits per heavy atom. The molecule has 0 aromatic heterocycles. The summed E-state index contributed by atoms with van der Waals surface area (Å²) in [7, 11) is 3.40. The maximum absolute atomic E-state index is 6.05. The summed E-state index contributed by atoms with van der Waals surface area (Å²) in [6, 6.07) is 25.1. The minimum absolute atomic E-state index is 0. The zero-order valence-electron chi connectivity index (χ0n) is 21.0. The first-order chi connectivity index (χ1) is 16.7. The number of hydrogen-bond donors (Lipinski definition) is 0. The Morgan fingerprint density at radius 3 is 1.60 bits per heavy atom. The van der Waals surface area contributed by atoms with Crippen LogP contribution in [-0.4, -0.2) is 45.4 Å². The van der Waals surface area contributed by atoms with Crippen molar-refractivity contribution < 1.29 is 14.2 Å². The Balaban J connectivity index is 0.00000342. The van der Waals surface area contributed by atoms with Crippen molar-refractivity contribution in [3.63, 3.8) is 0 Å². The summed E-state index contributed by atoms with van der Waals surface area (Å²) in [6.45, 7) is 6.33. The molecular formula is C30H36ClNO3. The zero-order chi connectivity index (χ0) is 23.8. The minimum Gasteiger partial charge on any atom is -0.497 e. The first-order valence-corrected chi connectivity index (χ1v) is 12.2. The molecule has 1 aliphatic heterocycles. The molecule has 3 aromatic rings. The molecule has 1 saturated heterocycles. The molecule has 0 unspecified atom stereocenters. The van der Waals surface area contributed by atoms with E-state index in [4.69, 9.17) is 14.2 Å². The van der Waals surface area contributed by atoms with Crippen LogP contribution < -0.4 is 14.2 Å². The number of rotatable bonds is 10. The van der Waals surface area contributed by atoms with Crippen molar-refractivity contribution in [3.05, 3.63) is 89.5 Å². The van der Waals surface area contributed by atoms with Crippen molar-refractivity contribution in [3.8, 4) is 17.2 Å². The molecule has 0 aliphatic carbocycles. The molecule has 1 aliphatic rings. The standard InChI is InChI=1S/C30H35NO3.ClH/c1-4-29(23-7-13-26(32-2)14-8-23)30(24-9-15-27(33-3)16-10-24)25-11-17-28(18-12-25)34-22-21-31-19-5-6-20-31;/h7-18H,4-6,19-22H2,1-3H3;1H/b30-29-;. The molecule has 4 nitrogen and oxygen atoms in total. The van der Waals surface area contributed by atoms with Gasteiger partial charge in [0.1, 0.15) is 23.9 Å². The summed E-state index contributed by atoms with van der Waals surface area (Å²) in [5, 5.41) is 0. The van der Waals surface area contributed by atoms with E-state index in [1.54, 1.807) is 14.2 Å². The molecule has 0 spiro atoms. The van der Waals surface area contributed by atoms with Gasteiger partial charge in [-0.2, -0.15) is 0 Å². The molecule has 3 aromatic carbocycles. The average Bonchev–Trinajstić information content (AvgIpc) is 3.42. The molecule has 5 heteroatoms. The summed E-state index contributed by atoms with van der Waals surface area (Å²) in [5.41, 5.74) is 6.04. The highest BCUT2D eigenvalue weighted by Gasteiger charge is 2.14. The van der Waals surface area contributed by atoms with Gasteiger partial charge in [0.05, 0.1) is 14.2 Å². The molecule has 1 fully saturated rings. The SMILES string of the molecule is CC/C(=C(\c1ccc(OC)cc1)c1ccc(OCCN2CCCC2)cc1)c1ccc(OC)cc1.Cl. The van der Waals surface area contributed by atoms with Gasteiger partial charge >= 0.3 is 0 Å². The van der Waals surface area contributed by atoms with Crippen LogP contribution in [0.1, 0.15) is 42.9 Å². The lowest BCUT2D eigenvalue weighted by Crippen LogP contribution is -2.25. The van der Waals surface area contributed by atoms with E-state index in [9.17, 15) is 0 Å². The van der Waals surface area contributed by atoms with Crippen molar-refractivity contribution in [2.45, 2.75) is 26.2 Å². The van der Waals surface area contributed by atoms with Crippen LogP contribution in [0.3, 0.4) is 0 Å². The van der Waals surface area contributed by atoms with Crippen LogP contribution in [0.5, 0.6) is 17.2 Å². The monoisotopic (exact) mass is 493 g/mol. The van der Waals surface area contributed by atoms with Crippen LogP contribution in [-0.2, 0) is 0 Å². The number of halogens is 1. The van der Waals surface area contributed by atoms with Gasteiger partial charge in [-0.15, -0.1) is 12.4 Å². The van der Waals surface area contributed by atoms with E-state index in [0.717, 1.165) is 42.4 Å². The van der Waals surface area contributed by atoms with Crippen LogP contribution in [0.2, 0.25) is 0 Å². The smallest absolute Gasteiger partial charge is 0.119 e. The van der Waals surface area contributed by atoms with E-state index in [1.807, 2.05) is 24.3 Å². The molecule has 186 valence electrons. The Kier molecular flexibility index (Phi) is 10.1. The highest BCUT2D eigenvalue weighted by atomic mass is 35.5. The first-order valence-electron chi connectivity index (χ1n) is 12.2. The van der Waals surface area contributed by atoms with Gasteiger partial charge in [0, 0.05) is 6.54 Å². The van der Waals surface area contributed by atoms with Gasteiger partial charge in [-0.25, -0.2) is 0 Å². The number of hydrogen-bond acceptors (Lipinski definition) is 4. The first kappa shape index (κ1) is 26.7. The third-order valence-electron chi connectivity index (χ3n) is 6.49. The molecule has 0 amide bonds. The topological polar surface area (TPSA) is 30.9 Å². The van der Waals surface area contributed by atoms with Crippen LogP contribution in [0.25, 0.3) is 11.1 Å². The summed E-state index contributed by atoms with van der Waals surface area (Å²) in [6.07, 6.45) is 3.52. The molecule has 35 heavy (non-hydrogen) atoms. The number of methoxy groups -OCH3 is 2. The maximum atomic E-state index is 6.05. The van der Waals surface area contributed by atoms with Gasteiger partial charge in [-0.1, -0.05) is 43.3 Å². The number of benzene rings is 3. The van der Waals surface area contributed by atoms with Gasteiger partial charge in [0.2, 0.25) is 0 Å². The summed E-state index contributed by atoms with van der Waals surface area (Å²) in [5.74, 6) is 2.63. The predicted octanol–water partition coefficient (Wildman–Crippen LogP) is 6.97. The number of likely N-dealkylation sites (tertiary alicyclic amines) is 1. The largest absolute Gasteiger partial charge is 0.497 e. The Hall–Kier alpha value is -2.95. The van der Waals surface area contributed by atoms with Crippen molar-refractivity contribution in [2.75, 3.05) is 40.5 Å². The van der Waals surface area contributed by atoms with Crippen molar-refractivity contribution >= 4 is 23.6 Å². The molecule has 0 atom stereocenters. The average molecular weight is 494 g/mol. The molecule has 0 radical (unpaired) electrons. The van der Waals surface area contributed by atoms with E-state index in [0.29, 0.717) is 0 Å². The van der Waals surface area contributed by atoms with E-state index in [-0.39, 0.29) is 12.4 Å². The van der Waals surface area contributed by atoms with Gasteiger partial charge in [0.15, 0.2) is 0 Å². The lowest BCUT2D eigenvalue weighted by Gasteiger charge is -2.18. The number of allylic oxidation sites excluding steroid dienone is 1. The Morgan fingerprint density at radius 1 is 0.686 bits per heavy atom. The Labute approximate surface area is 215 Å². The van der Waals surface area contributed by atoms with Crippen LogP contribution in [0.4, 0.5) is 0 Å². The van der Waals surface area contributed by atoms with Gasteiger partial charge in [0.25, 0.3) is 0 Å². The third kappa shape index (κ3) is 6.81. The lowest BCUT2D eigenvalue weighted by molar-refractivity contribution is 0.238. The van der Waals surface area contributed by atoms with E-state index >= 15 is 0 Å². The van der Waals surface area contributed by atoms with Crippen LogP contribution >= 0.6 is 12.4 Å². The van der Waals surface area contributed by atoms with Crippen LogP contribution in [0, 0.1) is 0 Å². The molecule has 0 N–H and O–H groups in total. The van der Waals surface area contributed by atoms with E-state index < -0.39 is 0 Å². The fourth-order valence-corrected chi connectivity index (χ4v) is 4.61. The molecule has 1 heterocycles. The molecule has 4 rings (SSSR count). The van der Waals surface area contributed by atoms with E-state index in [1.165, 1.54) is 48.2 Å². The highest BCUT2D eigenvalue weighted by Crippen LogP contribution is 2.36. The van der Waals surface area contributed by atoms with Crippen molar-refractivity contribution in [1.82, 2.24) is 4.90 Å². The van der Waals surface area contributed by atoms with Gasteiger partial charge in [-0.3, -0.25) is 4.90 Å². The molecule has 0 saturated carbocycles. The summed E-state index contributed by atoms with van der Waals surface area (Å²) < 4.78 is 16.8. The van der Waals surface area contributed by atoms with Crippen molar-refractivity contribution in [1.29, 1.82) is 0 Å². The van der Waals surface area contributed by atoms with Gasteiger partial charge < -0.3 is 14.2 Å². The van der Waals surface area contributed by atoms with Gasteiger partial charge in [-0.05, 0) is 96.6 Å². The second-order valence-electron chi connectivity index (χ2n) is 8.59. The fraction of sp³-hybridized carbons (Fsp3) is 0.333. The normalized spacial score (nSPS) is 14.1. The minimum atomic E-state index is 0. The molecule has 0 bridgehead atoms. The zero-order valence-corrected chi connectivity index (χ0v) is 21.8. The quantitative estimate of drug-likeness (QED) is 0.285. The van der Waals surface area contributed by atoms with Crippen molar-refractivity contribution in [2.24, 2.45) is 0 Å². The highest BCUT2D eigenvalue weighted by molar-refractivity contribution is 5.98. The third-order valence-corrected chi connectivity index (χ3v) is 6.49. The fourth-order valence-electron chi connectivity index (χ4n) is 4.61. The number of nitrogens with zero attached hydrogens (tertiary/aromatic N) is 1. The molecular weight excluding hydrogens is 458 g/mol. The second kappa shape index (κ2) is 13.2. The second-order valence-corrected chi connectivity index (χ2v) is 8.59. The van der Waals surface area contributed by atoms with E-state index in [2.05, 4.69) is 60.4 Å². The Bertz CT molecular complexity index is 1070. The summed E-state index contributed by atoms with van der Waals surface area (Å²) in [4.78, 5) is 2.47. The summed E-state index contributed by atoms with van der Waals surface area (Å²) >= 11 is 0. The number of ether oxygens (including phenoxy) is 3.